The van der Waals surface area contributed by atoms with Crippen LogP contribution in [-0.4, -0.2) is 51.1 Å². The molecule has 8 nitrogen and oxygen atoms in total. The van der Waals surface area contributed by atoms with Crippen molar-refractivity contribution < 1.29 is 22.4 Å². The van der Waals surface area contributed by atoms with Crippen molar-refractivity contribution in [2.45, 2.75) is 37.5 Å². The molecule has 2 aromatic rings. The van der Waals surface area contributed by atoms with Gasteiger partial charge in [0.25, 0.3) is 0 Å². The molecule has 1 aliphatic heterocycles. The molecule has 2 atom stereocenters. The van der Waals surface area contributed by atoms with Gasteiger partial charge in [-0.3, -0.25) is 9.69 Å². The second-order valence-electron chi connectivity index (χ2n) is 6.93. The van der Waals surface area contributed by atoms with Gasteiger partial charge in [0, 0.05) is 18.8 Å². The van der Waals surface area contributed by atoms with Crippen LogP contribution in [0.4, 0.5) is 5.69 Å². The van der Waals surface area contributed by atoms with Crippen LogP contribution in [0, 0.1) is 0 Å². The van der Waals surface area contributed by atoms with Gasteiger partial charge < -0.3 is 14.5 Å². The second-order valence-corrected chi connectivity index (χ2v) is 8.70. The minimum atomic E-state index is -3.72. The highest BCUT2D eigenvalue weighted by molar-refractivity contribution is 7.89. The Morgan fingerprint density at radius 3 is 2.61 bits per heavy atom. The van der Waals surface area contributed by atoms with Gasteiger partial charge in [-0.05, 0) is 44.2 Å². The first kappa shape index (κ1) is 20.5. The highest BCUT2D eigenvalue weighted by Gasteiger charge is 2.24. The molecule has 1 aromatic heterocycles. The van der Waals surface area contributed by atoms with Gasteiger partial charge >= 0.3 is 0 Å². The number of ether oxygens (including phenoxy) is 1. The molecule has 0 aliphatic carbocycles. The molecule has 1 aliphatic rings. The summed E-state index contributed by atoms with van der Waals surface area (Å²) in [6, 6.07) is 9.55. The maximum absolute atomic E-state index is 12.5. The molecule has 0 spiro atoms. The molecule has 152 valence electrons. The minimum absolute atomic E-state index is 0.0549. The summed E-state index contributed by atoms with van der Waals surface area (Å²) in [4.78, 5) is 14.5. The van der Waals surface area contributed by atoms with E-state index in [9.17, 15) is 13.2 Å². The van der Waals surface area contributed by atoms with E-state index < -0.39 is 10.0 Å². The Bertz CT molecular complexity index is 888. The average molecular weight is 407 g/mol. The van der Waals surface area contributed by atoms with Gasteiger partial charge in [-0.2, -0.15) is 0 Å². The van der Waals surface area contributed by atoms with E-state index in [1.165, 1.54) is 18.4 Å². The third-order valence-electron chi connectivity index (χ3n) is 4.31. The van der Waals surface area contributed by atoms with Gasteiger partial charge in [-0.15, -0.1) is 0 Å². The number of morpholine rings is 1. The summed E-state index contributed by atoms with van der Waals surface area (Å²) in [6.07, 6.45) is 1.63. The minimum Gasteiger partial charge on any atom is -0.468 e. The number of amides is 1. The second kappa shape index (κ2) is 8.87. The number of sulfonamides is 1. The number of anilines is 1. The Balaban J connectivity index is 1.60. The van der Waals surface area contributed by atoms with Crippen LogP contribution in [0.25, 0.3) is 0 Å². The number of nitrogens with one attached hydrogen (secondary N) is 2. The van der Waals surface area contributed by atoms with Crippen LogP contribution in [0.1, 0.15) is 19.6 Å². The number of furan rings is 1. The normalized spacial score (nSPS) is 20.8. The predicted molar refractivity (Wildman–Crippen MR) is 104 cm³/mol. The lowest BCUT2D eigenvalue weighted by molar-refractivity contribution is -0.121. The molecule has 1 amide bonds. The highest BCUT2D eigenvalue weighted by Crippen LogP contribution is 2.17. The standard InChI is InChI=1S/C19H25N3O5S/c1-14-11-22(12-15(2)27-14)13-19(23)21-16-5-3-7-18(9-16)28(24,25)20-10-17-6-4-8-26-17/h3-9,14-15,20H,10-13H2,1-2H3,(H,21,23)/t14-,15+. The van der Waals surface area contributed by atoms with Gasteiger partial charge in [0.15, 0.2) is 0 Å². The molecule has 1 fully saturated rings. The molecule has 0 radical (unpaired) electrons. The Morgan fingerprint density at radius 2 is 1.93 bits per heavy atom. The Hall–Kier alpha value is -2.20. The number of benzene rings is 1. The van der Waals surface area contributed by atoms with E-state index in [2.05, 4.69) is 10.0 Å². The van der Waals surface area contributed by atoms with Gasteiger partial charge in [0.2, 0.25) is 15.9 Å². The van der Waals surface area contributed by atoms with Crippen molar-refractivity contribution in [3.05, 3.63) is 48.4 Å². The van der Waals surface area contributed by atoms with E-state index in [0.717, 1.165) is 0 Å². The number of hydrogen-bond donors (Lipinski definition) is 2. The monoisotopic (exact) mass is 407 g/mol. The lowest BCUT2D eigenvalue weighted by Gasteiger charge is -2.34. The largest absolute Gasteiger partial charge is 0.468 e. The number of rotatable bonds is 7. The van der Waals surface area contributed by atoms with E-state index in [0.29, 0.717) is 24.5 Å². The average Bonchev–Trinajstić information content (AvgIpc) is 3.13. The zero-order chi connectivity index (χ0) is 20.1. The number of carbonyl (C=O) groups is 1. The molecule has 1 aromatic carbocycles. The molecule has 0 bridgehead atoms. The fraction of sp³-hybridized carbons (Fsp3) is 0.421. The summed E-state index contributed by atoms with van der Waals surface area (Å²) in [5, 5.41) is 2.77. The number of carbonyl (C=O) groups excluding carboxylic acids is 1. The molecule has 1 saturated heterocycles. The smallest absolute Gasteiger partial charge is 0.241 e. The van der Waals surface area contributed by atoms with Crippen LogP contribution in [0.15, 0.2) is 52.0 Å². The third kappa shape index (κ3) is 5.65. The van der Waals surface area contributed by atoms with Crippen LogP contribution in [0.2, 0.25) is 0 Å². The zero-order valence-corrected chi connectivity index (χ0v) is 16.7. The Labute approximate surface area is 164 Å². The lowest BCUT2D eigenvalue weighted by atomic mass is 10.2. The summed E-state index contributed by atoms with van der Waals surface area (Å²) in [7, 11) is -3.72. The quantitative estimate of drug-likeness (QED) is 0.726. The Morgan fingerprint density at radius 1 is 1.18 bits per heavy atom. The number of nitrogens with zero attached hydrogens (tertiary/aromatic N) is 1. The van der Waals surface area contributed by atoms with Crippen LogP contribution >= 0.6 is 0 Å². The summed E-state index contributed by atoms with van der Waals surface area (Å²) in [6.45, 7) is 5.60. The van der Waals surface area contributed by atoms with Crippen LogP contribution in [0.3, 0.4) is 0 Å². The predicted octanol–water partition coefficient (Wildman–Crippen LogP) is 1.81. The summed E-state index contributed by atoms with van der Waals surface area (Å²) >= 11 is 0. The van der Waals surface area contributed by atoms with Gasteiger partial charge in [0.1, 0.15) is 5.76 Å². The van der Waals surface area contributed by atoms with Gasteiger partial charge in [0.05, 0.1) is 36.5 Å². The fourth-order valence-corrected chi connectivity index (χ4v) is 4.26. The van der Waals surface area contributed by atoms with Gasteiger partial charge in [-0.25, -0.2) is 13.1 Å². The summed E-state index contributed by atoms with van der Waals surface area (Å²) in [5.41, 5.74) is 0.431. The van der Waals surface area contributed by atoms with Gasteiger partial charge in [-0.1, -0.05) is 6.07 Å². The van der Waals surface area contributed by atoms with E-state index in [4.69, 9.17) is 9.15 Å². The van der Waals surface area contributed by atoms with Crippen LogP contribution in [-0.2, 0) is 26.1 Å². The van der Waals surface area contributed by atoms with Crippen molar-refractivity contribution >= 4 is 21.6 Å². The molecule has 28 heavy (non-hydrogen) atoms. The third-order valence-corrected chi connectivity index (χ3v) is 5.71. The molecule has 2 heterocycles. The zero-order valence-electron chi connectivity index (χ0n) is 15.9. The van der Waals surface area contributed by atoms with Crippen molar-refractivity contribution in [1.29, 1.82) is 0 Å². The van der Waals surface area contributed by atoms with Crippen molar-refractivity contribution in [3.8, 4) is 0 Å². The van der Waals surface area contributed by atoms with Crippen LogP contribution in [0.5, 0.6) is 0 Å². The lowest BCUT2D eigenvalue weighted by Crippen LogP contribution is -2.48. The van der Waals surface area contributed by atoms with Crippen molar-refractivity contribution in [2.75, 3.05) is 25.0 Å². The van der Waals surface area contributed by atoms with Crippen molar-refractivity contribution in [1.82, 2.24) is 9.62 Å². The molecule has 0 saturated carbocycles. The maximum Gasteiger partial charge on any atom is 0.241 e. The van der Waals surface area contributed by atoms with Crippen molar-refractivity contribution in [2.24, 2.45) is 0 Å². The van der Waals surface area contributed by atoms with E-state index in [1.54, 1.807) is 24.3 Å². The molecule has 9 heteroatoms. The molecular formula is C19H25N3O5S. The molecule has 2 N–H and O–H groups in total. The summed E-state index contributed by atoms with van der Waals surface area (Å²) in [5.74, 6) is 0.321. The molecule has 3 rings (SSSR count). The number of hydrogen-bond acceptors (Lipinski definition) is 6. The molecular weight excluding hydrogens is 382 g/mol. The molecule has 0 unspecified atom stereocenters. The SMILES string of the molecule is C[C@@H]1CN(CC(=O)Nc2cccc(S(=O)(=O)NCc3ccco3)c2)C[C@H](C)O1. The first-order valence-electron chi connectivity index (χ1n) is 9.11. The fourth-order valence-electron chi connectivity index (χ4n) is 3.22. The maximum atomic E-state index is 12.5. The van der Waals surface area contributed by atoms with Crippen LogP contribution < -0.4 is 10.0 Å². The first-order valence-corrected chi connectivity index (χ1v) is 10.6. The highest BCUT2D eigenvalue weighted by atomic mass is 32.2. The Kier molecular flexibility index (Phi) is 6.50. The first-order chi connectivity index (χ1) is 13.3. The van der Waals surface area contributed by atoms with E-state index in [1.807, 2.05) is 18.7 Å². The van der Waals surface area contributed by atoms with E-state index >= 15 is 0 Å². The van der Waals surface area contributed by atoms with Crippen molar-refractivity contribution in [3.63, 3.8) is 0 Å². The summed E-state index contributed by atoms with van der Waals surface area (Å²) < 4.78 is 38.2. The van der Waals surface area contributed by atoms with E-state index in [-0.39, 0.29) is 36.1 Å². The topological polar surface area (TPSA) is 101 Å².